The maximum Gasteiger partial charge on any atom is 0.173 e. The van der Waals surface area contributed by atoms with Crippen molar-refractivity contribution < 1.29 is 14.6 Å². The van der Waals surface area contributed by atoms with Crippen molar-refractivity contribution in [3.05, 3.63) is 18.2 Å². The Balaban J connectivity index is 2.03. The molecule has 20 heavy (non-hydrogen) atoms. The number of piperidine rings is 1. The molecule has 0 unspecified atom stereocenters. The van der Waals surface area contributed by atoms with Crippen molar-refractivity contribution in [1.82, 2.24) is 4.90 Å². The maximum atomic E-state index is 9.51. The molecule has 5 nitrogen and oxygen atoms in total. The molecule has 0 amide bonds. The summed E-state index contributed by atoms with van der Waals surface area (Å²) in [6, 6.07) is 5.54. The van der Waals surface area contributed by atoms with E-state index >= 15 is 0 Å². The quantitative estimate of drug-likeness (QED) is 0.830. The number of benzene rings is 1. The van der Waals surface area contributed by atoms with Gasteiger partial charge < -0.3 is 24.8 Å². The molecular weight excluding hydrogens is 276 g/mol. The minimum Gasteiger partial charge on any atom is -0.497 e. The molecule has 1 aromatic carbocycles. The Bertz CT molecular complexity index is 473. The number of thiocarbonyl (C=S) groups is 1. The van der Waals surface area contributed by atoms with E-state index < -0.39 is 0 Å². The number of ether oxygens (including phenoxy) is 2. The fraction of sp³-hybridized carbons (Fsp3) is 0.500. The van der Waals surface area contributed by atoms with Gasteiger partial charge in [-0.15, -0.1) is 0 Å². The van der Waals surface area contributed by atoms with Crippen LogP contribution in [0.5, 0.6) is 11.5 Å². The van der Waals surface area contributed by atoms with E-state index in [1.165, 1.54) is 0 Å². The summed E-state index contributed by atoms with van der Waals surface area (Å²) < 4.78 is 10.5. The summed E-state index contributed by atoms with van der Waals surface area (Å²) in [5, 5.41) is 13.4. The van der Waals surface area contributed by atoms with Crippen LogP contribution in [-0.2, 0) is 0 Å². The van der Waals surface area contributed by atoms with Crippen LogP contribution in [0.2, 0.25) is 0 Å². The molecule has 2 rings (SSSR count). The van der Waals surface area contributed by atoms with Crippen molar-refractivity contribution >= 4 is 23.0 Å². The third-order valence-electron chi connectivity index (χ3n) is 3.40. The van der Waals surface area contributed by atoms with Gasteiger partial charge in [-0.25, -0.2) is 0 Å². The molecule has 0 aromatic heterocycles. The summed E-state index contributed by atoms with van der Waals surface area (Å²) >= 11 is 5.41. The molecule has 0 aliphatic carbocycles. The van der Waals surface area contributed by atoms with Crippen molar-refractivity contribution in [3.8, 4) is 11.5 Å². The van der Waals surface area contributed by atoms with E-state index in [4.69, 9.17) is 21.7 Å². The highest BCUT2D eigenvalue weighted by Crippen LogP contribution is 2.29. The highest BCUT2D eigenvalue weighted by Gasteiger charge is 2.19. The summed E-state index contributed by atoms with van der Waals surface area (Å²) in [4.78, 5) is 2.06. The van der Waals surface area contributed by atoms with Crippen molar-refractivity contribution in [2.45, 2.75) is 18.9 Å². The lowest BCUT2D eigenvalue weighted by molar-refractivity contribution is 0.110. The van der Waals surface area contributed by atoms with Gasteiger partial charge in [-0.2, -0.15) is 0 Å². The molecule has 1 aromatic rings. The molecule has 1 fully saturated rings. The summed E-state index contributed by atoms with van der Waals surface area (Å²) in [5.41, 5.74) is 0.810. The van der Waals surface area contributed by atoms with E-state index in [1.807, 2.05) is 18.2 Å². The number of methoxy groups -OCH3 is 2. The zero-order valence-corrected chi connectivity index (χ0v) is 12.6. The average Bonchev–Trinajstić information content (AvgIpc) is 2.48. The second-order valence-electron chi connectivity index (χ2n) is 4.71. The van der Waals surface area contributed by atoms with E-state index in [1.54, 1.807) is 14.2 Å². The highest BCUT2D eigenvalue weighted by atomic mass is 32.1. The molecule has 1 aliphatic heterocycles. The summed E-state index contributed by atoms with van der Waals surface area (Å²) in [5.74, 6) is 1.42. The minimum absolute atomic E-state index is 0.204. The lowest BCUT2D eigenvalue weighted by Gasteiger charge is -2.32. The second kappa shape index (κ2) is 6.76. The first-order chi connectivity index (χ1) is 9.63. The van der Waals surface area contributed by atoms with Crippen LogP contribution in [0.3, 0.4) is 0 Å². The predicted octanol–water partition coefficient (Wildman–Crippen LogP) is 1.86. The molecule has 0 spiro atoms. The highest BCUT2D eigenvalue weighted by molar-refractivity contribution is 7.80. The first-order valence-corrected chi connectivity index (χ1v) is 7.01. The Morgan fingerprint density at radius 3 is 2.60 bits per heavy atom. The number of aliphatic hydroxyl groups is 1. The Morgan fingerprint density at radius 1 is 1.30 bits per heavy atom. The van der Waals surface area contributed by atoms with E-state index in [0.29, 0.717) is 10.9 Å². The monoisotopic (exact) mass is 296 g/mol. The average molecular weight is 296 g/mol. The lowest BCUT2D eigenvalue weighted by atomic mass is 10.1. The molecule has 1 saturated heterocycles. The van der Waals surface area contributed by atoms with E-state index in [0.717, 1.165) is 37.4 Å². The number of hydrogen-bond acceptors (Lipinski definition) is 4. The number of nitrogens with zero attached hydrogens (tertiary/aromatic N) is 1. The van der Waals surface area contributed by atoms with Crippen LogP contribution in [0.1, 0.15) is 12.8 Å². The van der Waals surface area contributed by atoms with Crippen LogP contribution in [-0.4, -0.2) is 48.5 Å². The first-order valence-electron chi connectivity index (χ1n) is 6.60. The zero-order valence-electron chi connectivity index (χ0n) is 11.8. The van der Waals surface area contributed by atoms with Gasteiger partial charge in [0, 0.05) is 19.2 Å². The molecule has 1 aliphatic rings. The predicted molar refractivity (Wildman–Crippen MR) is 82.6 cm³/mol. The number of rotatable bonds is 3. The molecule has 0 saturated carbocycles. The van der Waals surface area contributed by atoms with Gasteiger partial charge in [0.15, 0.2) is 5.11 Å². The Morgan fingerprint density at radius 2 is 2.00 bits per heavy atom. The number of anilines is 1. The number of hydrogen-bond donors (Lipinski definition) is 2. The molecule has 6 heteroatoms. The number of aliphatic hydroxyl groups excluding tert-OH is 1. The minimum atomic E-state index is -0.204. The summed E-state index contributed by atoms with van der Waals surface area (Å²) in [6.07, 6.45) is 1.30. The number of nitrogens with one attached hydrogen (secondary N) is 1. The second-order valence-corrected chi connectivity index (χ2v) is 5.10. The molecule has 0 radical (unpaired) electrons. The van der Waals surface area contributed by atoms with Gasteiger partial charge in [-0.1, -0.05) is 0 Å². The maximum absolute atomic E-state index is 9.51. The van der Waals surface area contributed by atoms with Crippen LogP contribution < -0.4 is 14.8 Å². The van der Waals surface area contributed by atoms with Gasteiger partial charge in [0.1, 0.15) is 11.5 Å². The molecule has 0 atom stereocenters. The Kier molecular flexibility index (Phi) is 5.03. The lowest BCUT2D eigenvalue weighted by Crippen LogP contribution is -2.42. The van der Waals surface area contributed by atoms with Crippen LogP contribution in [0.25, 0.3) is 0 Å². The largest absolute Gasteiger partial charge is 0.497 e. The van der Waals surface area contributed by atoms with Crippen LogP contribution in [0.4, 0.5) is 5.69 Å². The fourth-order valence-corrected chi connectivity index (χ4v) is 2.46. The van der Waals surface area contributed by atoms with Crippen molar-refractivity contribution in [3.63, 3.8) is 0 Å². The Labute approximate surface area is 124 Å². The summed E-state index contributed by atoms with van der Waals surface area (Å²) in [6.45, 7) is 1.54. The van der Waals surface area contributed by atoms with Crippen molar-refractivity contribution in [2.24, 2.45) is 0 Å². The van der Waals surface area contributed by atoms with Gasteiger partial charge in [0.2, 0.25) is 0 Å². The molecule has 0 bridgehead atoms. The molecule has 2 N–H and O–H groups in total. The first kappa shape index (κ1) is 14.9. The SMILES string of the molecule is COc1ccc(NC(=S)N2CCC(O)CC2)c(OC)c1. The third-order valence-corrected chi connectivity index (χ3v) is 3.76. The fourth-order valence-electron chi connectivity index (χ4n) is 2.16. The topological polar surface area (TPSA) is 54.0 Å². The van der Waals surface area contributed by atoms with E-state index in [-0.39, 0.29) is 6.10 Å². The van der Waals surface area contributed by atoms with E-state index in [2.05, 4.69) is 10.2 Å². The van der Waals surface area contributed by atoms with Crippen molar-refractivity contribution in [2.75, 3.05) is 32.6 Å². The zero-order chi connectivity index (χ0) is 14.5. The normalized spacial score (nSPS) is 15.8. The van der Waals surface area contributed by atoms with Gasteiger partial charge >= 0.3 is 0 Å². The van der Waals surface area contributed by atoms with Gasteiger partial charge in [-0.3, -0.25) is 0 Å². The molecule has 1 heterocycles. The van der Waals surface area contributed by atoms with Crippen LogP contribution >= 0.6 is 12.2 Å². The third kappa shape index (κ3) is 3.52. The van der Waals surface area contributed by atoms with Gasteiger partial charge in [0.05, 0.1) is 26.0 Å². The van der Waals surface area contributed by atoms with Gasteiger partial charge in [-0.05, 0) is 37.2 Å². The Hall–Kier alpha value is -1.53. The smallest absolute Gasteiger partial charge is 0.173 e. The van der Waals surface area contributed by atoms with E-state index in [9.17, 15) is 5.11 Å². The molecule has 110 valence electrons. The van der Waals surface area contributed by atoms with Gasteiger partial charge in [0.25, 0.3) is 0 Å². The summed E-state index contributed by atoms with van der Waals surface area (Å²) in [7, 11) is 3.23. The van der Waals surface area contributed by atoms with Crippen molar-refractivity contribution in [1.29, 1.82) is 0 Å². The van der Waals surface area contributed by atoms with Crippen LogP contribution in [0.15, 0.2) is 18.2 Å². The van der Waals surface area contributed by atoms with Crippen LogP contribution in [0, 0.1) is 0 Å². The molecular formula is C14H20N2O3S. The number of likely N-dealkylation sites (tertiary alicyclic amines) is 1. The standard InChI is InChI=1S/C14H20N2O3S/c1-18-11-3-4-12(13(9-11)19-2)15-14(20)16-7-5-10(17)6-8-16/h3-4,9-10,17H,5-8H2,1-2H3,(H,15,20).